The zero-order valence-corrected chi connectivity index (χ0v) is 26.7. The Kier molecular flexibility index (Phi) is 8.12. The lowest BCUT2D eigenvalue weighted by Gasteiger charge is -2.34. The summed E-state index contributed by atoms with van der Waals surface area (Å²) in [5.74, 6) is 3.31. The molecule has 3 aliphatic rings. The van der Waals surface area contributed by atoms with Gasteiger partial charge in [0.1, 0.15) is 10.7 Å². The van der Waals surface area contributed by atoms with Crippen molar-refractivity contribution in [1.82, 2.24) is 29.3 Å². The SMILES string of the molecule is Cc1nn(C)cc1S(=O)(=O)NC(=O)c1ccc(-n2ccc(OCC3C4CCC3CC4)n2)nc1N1C[C@@H](C)CC1(C)C.S. The minimum absolute atomic E-state index is 0. The number of carbonyl (C=O) groups excluding carboxylic acids is 1. The molecule has 2 bridgehead atoms. The zero-order valence-electron chi connectivity index (χ0n) is 24.9. The maximum absolute atomic E-state index is 13.5. The van der Waals surface area contributed by atoms with Gasteiger partial charge in [-0.1, -0.05) is 6.92 Å². The van der Waals surface area contributed by atoms with Crippen molar-refractivity contribution in [3.8, 4) is 11.7 Å². The van der Waals surface area contributed by atoms with Gasteiger partial charge in [0, 0.05) is 37.6 Å². The molecule has 3 fully saturated rings. The van der Waals surface area contributed by atoms with Crippen molar-refractivity contribution < 1.29 is 17.9 Å². The van der Waals surface area contributed by atoms with Gasteiger partial charge in [-0.3, -0.25) is 9.48 Å². The van der Waals surface area contributed by atoms with Gasteiger partial charge in [0.15, 0.2) is 5.82 Å². The summed E-state index contributed by atoms with van der Waals surface area (Å²) in [5.41, 5.74) is 0.215. The summed E-state index contributed by atoms with van der Waals surface area (Å²) in [5, 5.41) is 8.73. The van der Waals surface area contributed by atoms with Gasteiger partial charge in [0.25, 0.3) is 15.9 Å². The topological polar surface area (TPSA) is 124 Å². The lowest BCUT2D eigenvalue weighted by molar-refractivity contribution is 0.0981. The zero-order chi connectivity index (χ0) is 29.1. The molecule has 11 nitrogen and oxygen atoms in total. The number of amides is 1. The van der Waals surface area contributed by atoms with E-state index in [0.29, 0.717) is 48.2 Å². The third-order valence-electron chi connectivity index (χ3n) is 9.17. The fourth-order valence-corrected chi connectivity index (χ4v) is 8.52. The Morgan fingerprint density at radius 1 is 1.12 bits per heavy atom. The van der Waals surface area contributed by atoms with Crippen LogP contribution in [-0.4, -0.2) is 57.6 Å². The Morgan fingerprint density at radius 2 is 1.81 bits per heavy atom. The number of aryl methyl sites for hydroxylation is 2. The van der Waals surface area contributed by atoms with E-state index in [0.717, 1.165) is 18.3 Å². The van der Waals surface area contributed by atoms with Crippen LogP contribution >= 0.6 is 13.5 Å². The maximum Gasteiger partial charge on any atom is 0.268 e. The van der Waals surface area contributed by atoms with Crippen LogP contribution in [0.15, 0.2) is 35.5 Å². The normalized spacial score (nSPS) is 24.5. The fourth-order valence-electron chi connectivity index (χ4n) is 7.33. The highest BCUT2D eigenvalue weighted by Gasteiger charge is 2.42. The molecule has 1 aliphatic heterocycles. The monoisotopic (exact) mass is 615 g/mol. The summed E-state index contributed by atoms with van der Waals surface area (Å²) in [6.07, 6.45) is 9.35. The van der Waals surface area contributed by atoms with Crippen LogP contribution in [0.4, 0.5) is 5.82 Å². The summed E-state index contributed by atoms with van der Waals surface area (Å²) in [6, 6.07) is 5.14. The van der Waals surface area contributed by atoms with Crippen LogP contribution in [0.2, 0.25) is 0 Å². The first-order chi connectivity index (χ1) is 19.4. The van der Waals surface area contributed by atoms with E-state index in [2.05, 4.69) is 40.6 Å². The Hall–Kier alpha value is -3.06. The number of fused-ring (bicyclic) bond motifs is 2. The molecular weight excluding hydrogens is 574 g/mol. The summed E-state index contributed by atoms with van der Waals surface area (Å²) < 4.78 is 37.6. The number of ether oxygens (including phenoxy) is 1. The van der Waals surface area contributed by atoms with Crippen molar-refractivity contribution in [3.05, 3.63) is 41.9 Å². The quantitative estimate of drug-likeness (QED) is 0.404. The highest BCUT2D eigenvalue weighted by Crippen LogP contribution is 2.49. The summed E-state index contributed by atoms with van der Waals surface area (Å²) in [6.45, 7) is 9.35. The van der Waals surface area contributed by atoms with Gasteiger partial charge in [-0.15, -0.1) is 5.10 Å². The Morgan fingerprint density at radius 3 is 2.40 bits per heavy atom. The Bertz CT molecular complexity index is 1560. The summed E-state index contributed by atoms with van der Waals surface area (Å²) >= 11 is 0. The van der Waals surface area contributed by atoms with Gasteiger partial charge in [0.2, 0.25) is 5.88 Å². The maximum atomic E-state index is 13.5. The molecule has 228 valence electrons. The molecule has 1 saturated heterocycles. The number of pyridine rings is 1. The molecule has 1 atom stereocenters. The van der Waals surface area contributed by atoms with Crippen molar-refractivity contribution in [3.63, 3.8) is 0 Å². The molecule has 4 heterocycles. The van der Waals surface area contributed by atoms with E-state index < -0.39 is 15.9 Å². The number of sulfonamides is 1. The van der Waals surface area contributed by atoms with E-state index in [-0.39, 0.29) is 29.5 Å². The van der Waals surface area contributed by atoms with Crippen molar-refractivity contribution in [1.29, 1.82) is 0 Å². The molecule has 2 saturated carbocycles. The van der Waals surface area contributed by atoms with E-state index in [9.17, 15) is 13.2 Å². The third-order valence-corrected chi connectivity index (χ3v) is 10.6. The second-order valence-electron chi connectivity index (χ2n) is 12.7. The van der Waals surface area contributed by atoms with Gasteiger partial charge >= 0.3 is 0 Å². The summed E-state index contributed by atoms with van der Waals surface area (Å²) in [7, 11) is -2.50. The number of nitrogens with zero attached hydrogens (tertiary/aromatic N) is 6. The van der Waals surface area contributed by atoms with Crippen molar-refractivity contribution in [2.24, 2.45) is 30.7 Å². The lowest BCUT2D eigenvalue weighted by Crippen LogP contribution is -2.41. The van der Waals surface area contributed by atoms with E-state index in [4.69, 9.17) is 9.72 Å². The van der Waals surface area contributed by atoms with E-state index >= 15 is 0 Å². The van der Waals surface area contributed by atoms with Crippen molar-refractivity contribution >= 4 is 35.2 Å². The second kappa shape index (κ2) is 11.2. The predicted molar refractivity (Wildman–Crippen MR) is 164 cm³/mol. The Labute approximate surface area is 254 Å². The minimum atomic E-state index is -4.14. The second-order valence-corrected chi connectivity index (χ2v) is 14.4. The number of nitrogens with one attached hydrogen (secondary N) is 1. The molecule has 6 rings (SSSR count). The van der Waals surface area contributed by atoms with Crippen molar-refractivity contribution in [2.75, 3.05) is 18.1 Å². The van der Waals surface area contributed by atoms with E-state index in [1.807, 2.05) is 6.07 Å². The van der Waals surface area contributed by atoms with Crippen molar-refractivity contribution in [2.45, 2.75) is 70.2 Å². The molecular formula is C29H41N7O4S2. The first kappa shape index (κ1) is 30.4. The first-order valence-corrected chi connectivity index (χ1v) is 15.9. The summed E-state index contributed by atoms with van der Waals surface area (Å²) in [4.78, 5) is 20.5. The number of aromatic nitrogens is 5. The van der Waals surface area contributed by atoms with Crippen LogP contribution < -0.4 is 14.4 Å². The van der Waals surface area contributed by atoms with E-state index in [1.54, 1.807) is 37.0 Å². The highest BCUT2D eigenvalue weighted by molar-refractivity contribution is 7.90. The number of carbonyl (C=O) groups is 1. The molecule has 13 heteroatoms. The predicted octanol–water partition coefficient (Wildman–Crippen LogP) is 3.98. The van der Waals surface area contributed by atoms with Crippen LogP contribution in [0.3, 0.4) is 0 Å². The number of rotatable bonds is 8. The average Bonchev–Trinajstić information content (AvgIpc) is 3.72. The number of hydrogen-bond donors (Lipinski definition) is 1. The molecule has 42 heavy (non-hydrogen) atoms. The van der Waals surface area contributed by atoms with Crippen LogP contribution in [-0.2, 0) is 17.1 Å². The number of hydrogen-bond acceptors (Lipinski definition) is 8. The van der Waals surface area contributed by atoms with Crippen LogP contribution in [0.25, 0.3) is 5.82 Å². The first-order valence-electron chi connectivity index (χ1n) is 14.5. The van der Waals surface area contributed by atoms with E-state index in [1.165, 1.54) is 36.6 Å². The van der Waals surface area contributed by atoms with Gasteiger partial charge in [-0.2, -0.15) is 18.6 Å². The molecule has 0 radical (unpaired) electrons. The highest BCUT2D eigenvalue weighted by atomic mass is 32.2. The minimum Gasteiger partial charge on any atom is -0.476 e. The van der Waals surface area contributed by atoms with Gasteiger partial charge in [-0.05, 0) is 88.7 Å². The fraction of sp³-hybridized carbons (Fsp3) is 0.586. The van der Waals surface area contributed by atoms with Gasteiger partial charge < -0.3 is 9.64 Å². The van der Waals surface area contributed by atoms with Crippen LogP contribution in [0.5, 0.6) is 5.88 Å². The molecule has 1 amide bonds. The molecule has 3 aromatic heterocycles. The lowest BCUT2D eigenvalue weighted by atomic mass is 9.97. The average molecular weight is 616 g/mol. The molecule has 3 aromatic rings. The third kappa shape index (κ3) is 5.64. The largest absolute Gasteiger partial charge is 0.476 e. The molecule has 2 aliphatic carbocycles. The van der Waals surface area contributed by atoms with Gasteiger partial charge in [0.05, 0.1) is 17.9 Å². The molecule has 0 spiro atoms. The standard InChI is InChI=1S/C29H39N7O4S.H2S/c1-18-14-29(3,4)35(15-18)27-22(28(37)33-41(38,39)24-16-34(5)31-19(24)2)10-11-25(30-27)36-13-12-26(32-36)40-17-23-20-6-7-21(23)9-8-20;/h10-13,16,18,20-21,23H,6-9,14-15,17H2,1-5H3,(H,33,37);1H2/t18-,20?,21?,23?;/m0./s1. The molecule has 0 aromatic carbocycles. The smallest absolute Gasteiger partial charge is 0.268 e. The molecule has 1 N–H and O–H groups in total. The van der Waals surface area contributed by atoms with Crippen LogP contribution in [0.1, 0.15) is 68.9 Å². The van der Waals surface area contributed by atoms with Crippen LogP contribution in [0, 0.1) is 30.6 Å². The van der Waals surface area contributed by atoms with Gasteiger partial charge in [-0.25, -0.2) is 22.8 Å². The Balaban J connectivity index is 0.00000353. The number of anilines is 1. The molecule has 0 unspecified atom stereocenters.